The fraction of sp³-hybridized carbons (Fsp3) is 0.829. The van der Waals surface area contributed by atoms with Gasteiger partial charge in [-0.25, -0.2) is 5.84 Å². The molecule has 5 aliphatic rings. The number of amides is 1. The Morgan fingerprint density at radius 1 is 0.977 bits per heavy atom. The van der Waals surface area contributed by atoms with Gasteiger partial charge in [0.05, 0.1) is 17.3 Å². The molecule has 4 saturated carbocycles. The third-order valence-corrected chi connectivity index (χ3v) is 13.5. The first kappa shape index (κ1) is 32.2. The van der Waals surface area contributed by atoms with Crippen LogP contribution in [0.2, 0.25) is 0 Å². The van der Waals surface area contributed by atoms with Gasteiger partial charge in [-0.05, 0) is 117 Å². The van der Waals surface area contributed by atoms with Crippen LogP contribution in [-0.2, 0) is 23.9 Å². The Balaban J connectivity index is 1.43. The summed E-state index contributed by atoms with van der Waals surface area (Å²) in [7, 11) is 0. The Morgan fingerprint density at radius 3 is 2.23 bits per heavy atom. The first-order valence-corrected chi connectivity index (χ1v) is 16.6. The number of fused-ring (bicyclic) bond motifs is 7. The smallest absolute Gasteiger partial charge is 0.309 e. The number of rotatable bonds is 6. The summed E-state index contributed by atoms with van der Waals surface area (Å²) in [5, 5.41) is 9.51. The van der Waals surface area contributed by atoms with E-state index in [0.29, 0.717) is 24.2 Å². The maximum atomic E-state index is 13.4. The van der Waals surface area contributed by atoms with E-state index in [1.54, 1.807) is 13.8 Å². The van der Waals surface area contributed by atoms with Crippen molar-refractivity contribution in [2.24, 2.45) is 62.5 Å². The summed E-state index contributed by atoms with van der Waals surface area (Å²) < 4.78 is 6.08. The second kappa shape index (κ2) is 10.4. The highest BCUT2D eigenvalue weighted by molar-refractivity contribution is 6.06. The van der Waals surface area contributed by atoms with Crippen LogP contribution < -0.4 is 11.3 Å². The van der Waals surface area contributed by atoms with Crippen LogP contribution in [-0.4, -0.2) is 34.8 Å². The van der Waals surface area contributed by atoms with Gasteiger partial charge < -0.3 is 9.84 Å². The Bertz CT molecular complexity index is 1250. The molecule has 8 nitrogen and oxygen atoms in total. The summed E-state index contributed by atoms with van der Waals surface area (Å²) in [4.78, 5) is 51.3. The summed E-state index contributed by atoms with van der Waals surface area (Å²) in [5.74, 6) is 5.81. The predicted octanol–water partition coefficient (Wildman–Crippen LogP) is 5.98. The van der Waals surface area contributed by atoms with Crippen LogP contribution in [0.15, 0.2) is 11.1 Å². The van der Waals surface area contributed by atoms with Crippen molar-refractivity contribution in [3.8, 4) is 0 Å². The minimum atomic E-state index is -1.16. The molecule has 43 heavy (non-hydrogen) atoms. The molecular weight excluding hydrogens is 544 g/mol. The molecule has 0 aromatic carbocycles. The Morgan fingerprint density at radius 2 is 1.63 bits per heavy atom. The van der Waals surface area contributed by atoms with Crippen molar-refractivity contribution in [3.05, 3.63) is 11.1 Å². The van der Waals surface area contributed by atoms with Gasteiger partial charge in [0.2, 0.25) is 5.91 Å². The van der Waals surface area contributed by atoms with Gasteiger partial charge in [0.1, 0.15) is 6.10 Å². The van der Waals surface area contributed by atoms with Crippen LogP contribution in [0.4, 0.5) is 0 Å². The number of carboxylic acid groups (broad SMARTS) is 1. The van der Waals surface area contributed by atoms with E-state index >= 15 is 0 Å². The number of ether oxygens (including phenoxy) is 1. The molecule has 5 aliphatic carbocycles. The number of esters is 1. The standard InChI is InChI=1S/C35H54N2O6/c1-19(2)27-22(38)17-35(29(40)37-36)16-11-21-20(28(27)35)9-10-24-33(21,7)14-12-23-32(5,6)25(13-15-34(23,24)8)43-26(39)18-31(3,4)30(41)42/h19-21,23-25H,9-18,36H2,1-8H3,(H,37,40)(H,41,42). The zero-order valence-corrected chi connectivity index (χ0v) is 27.6. The fourth-order valence-corrected chi connectivity index (χ4v) is 11.5. The van der Waals surface area contributed by atoms with Crippen molar-refractivity contribution in [1.82, 2.24) is 5.43 Å². The molecule has 0 bridgehead atoms. The van der Waals surface area contributed by atoms with Crippen molar-refractivity contribution in [1.29, 1.82) is 0 Å². The van der Waals surface area contributed by atoms with Crippen LogP contribution in [0, 0.1) is 56.7 Å². The zero-order chi connectivity index (χ0) is 31.9. The van der Waals surface area contributed by atoms with Crippen molar-refractivity contribution < 1.29 is 29.0 Å². The average molecular weight is 599 g/mol. The minimum absolute atomic E-state index is 0.0762. The number of hydrogen-bond donors (Lipinski definition) is 3. The third kappa shape index (κ3) is 4.63. The number of allylic oxidation sites excluding steroid dienone is 1. The van der Waals surface area contributed by atoms with E-state index in [2.05, 4.69) is 47.0 Å². The largest absolute Gasteiger partial charge is 0.481 e. The summed E-state index contributed by atoms with van der Waals surface area (Å²) in [6.07, 6.45) is 7.37. The van der Waals surface area contributed by atoms with E-state index in [1.165, 1.54) is 0 Å². The maximum Gasteiger partial charge on any atom is 0.309 e. The summed E-state index contributed by atoms with van der Waals surface area (Å²) in [5.41, 5.74) is 2.41. The van der Waals surface area contributed by atoms with Crippen molar-refractivity contribution in [3.63, 3.8) is 0 Å². The van der Waals surface area contributed by atoms with E-state index in [1.807, 2.05) is 0 Å². The third-order valence-electron chi connectivity index (χ3n) is 13.5. The number of carboxylic acids is 1. The SMILES string of the molecule is CC(C)C1=C2C3CCC4C(C)(CCC5C(C)(C)C(OC(=O)CC(C)(C)C(=O)O)CCC54C)C3CCC2(C(=O)NN)CC1=O. The lowest BCUT2D eigenvalue weighted by Crippen LogP contribution is -2.63. The van der Waals surface area contributed by atoms with Crippen molar-refractivity contribution in [2.75, 3.05) is 0 Å². The fourth-order valence-electron chi connectivity index (χ4n) is 11.5. The number of carbonyl (C=O) groups is 4. The lowest BCUT2D eigenvalue weighted by molar-refractivity contribution is -0.213. The summed E-state index contributed by atoms with van der Waals surface area (Å²) >= 11 is 0. The van der Waals surface area contributed by atoms with E-state index in [4.69, 9.17) is 10.6 Å². The van der Waals surface area contributed by atoms with Gasteiger partial charge >= 0.3 is 11.9 Å². The quantitative estimate of drug-likeness (QED) is 0.148. The molecule has 0 spiro atoms. The molecule has 5 rings (SSSR count). The number of Topliss-reactive ketones (excluding diaryl/α,β-unsaturated/α-hetero) is 1. The van der Waals surface area contributed by atoms with Crippen LogP contribution in [0.1, 0.15) is 120 Å². The van der Waals surface area contributed by atoms with E-state index in [-0.39, 0.29) is 58.7 Å². The highest BCUT2D eigenvalue weighted by Crippen LogP contribution is 2.73. The number of ketones is 1. The van der Waals surface area contributed by atoms with Crippen molar-refractivity contribution in [2.45, 2.75) is 126 Å². The molecule has 0 aliphatic heterocycles. The normalized spacial score (nSPS) is 40.2. The molecule has 0 heterocycles. The average Bonchev–Trinajstić information content (AvgIpc) is 3.22. The van der Waals surface area contributed by atoms with E-state index in [9.17, 15) is 24.3 Å². The molecule has 8 heteroatoms. The number of hydrogen-bond acceptors (Lipinski definition) is 6. The van der Waals surface area contributed by atoms with Gasteiger partial charge in [-0.3, -0.25) is 24.6 Å². The molecule has 0 radical (unpaired) electrons. The van der Waals surface area contributed by atoms with Gasteiger partial charge in [-0.1, -0.05) is 41.5 Å². The number of carbonyl (C=O) groups excluding carboxylic acids is 3. The second-order valence-corrected chi connectivity index (χ2v) is 16.8. The number of nitrogens with one attached hydrogen (secondary N) is 1. The molecule has 0 saturated heterocycles. The predicted molar refractivity (Wildman–Crippen MR) is 163 cm³/mol. The van der Waals surface area contributed by atoms with Crippen LogP contribution in [0.3, 0.4) is 0 Å². The first-order valence-electron chi connectivity index (χ1n) is 16.6. The molecule has 4 N–H and O–H groups in total. The monoisotopic (exact) mass is 598 g/mol. The minimum Gasteiger partial charge on any atom is -0.481 e. The topological polar surface area (TPSA) is 136 Å². The Hall–Kier alpha value is -2.22. The van der Waals surface area contributed by atoms with Crippen molar-refractivity contribution >= 4 is 23.6 Å². The number of aliphatic carboxylic acids is 1. The number of hydrazine groups is 1. The van der Waals surface area contributed by atoms with Crippen LogP contribution in [0.25, 0.3) is 0 Å². The Labute approximate surface area is 257 Å². The van der Waals surface area contributed by atoms with Crippen LogP contribution >= 0.6 is 0 Å². The Kier molecular flexibility index (Phi) is 7.80. The van der Waals surface area contributed by atoms with Gasteiger partial charge in [0.25, 0.3) is 0 Å². The molecule has 240 valence electrons. The van der Waals surface area contributed by atoms with Crippen LogP contribution in [0.5, 0.6) is 0 Å². The maximum absolute atomic E-state index is 13.4. The molecular formula is C35H54N2O6. The molecule has 8 atom stereocenters. The molecule has 0 aromatic heterocycles. The lowest BCUT2D eigenvalue weighted by Gasteiger charge is -2.68. The highest BCUT2D eigenvalue weighted by atomic mass is 16.5. The lowest BCUT2D eigenvalue weighted by atomic mass is 9.36. The first-order chi connectivity index (χ1) is 19.9. The summed E-state index contributed by atoms with van der Waals surface area (Å²) in [6, 6.07) is 0. The zero-order valence-electron chi connectivity index (χ0n) is 27.6. The van der Waals surface area contributed by atoms with Gasteiger partial charge in [-0.2, -0.15) is 0 Å². The molecule has 0 aromatic rings. The van der Waals surface area contributed by atoms with Gasteiger partial charge in [0, 0.05) is 11.8 Å². The number of nitrogens with two attached hydrogens (primary N) is 1. The summed E-state index contributed by atoms with van der Waals surface area (Å²) in [6.45, 7) is 16.7. The van der Waals surface area contributed by atoms with E-state index < -0.39 is 22.8 Å². The van der Waals surface area contributed by atoms with Gasteiger partial charge in [-0.15, -0.1) is 0 Å². The second-order valence-electron chi connectivity index (χ2n) is 16.8. The molecule has 4 fully saturated rings. The van der Waals surface area contributed by atoms with Gasteiger partial charge in [0.15, 0.2) is 5.78 Å². The molecule has 1 amide bonds. The molecule has 8 unspecified atom stereocenters. The van der Waals surface area contributed by atoms with E-state index in [0.717, 1.165) is 56.1 Å². The highest BCUT2D eigenvalue weighted by Gasteiger charge is 2.67.